The van der Waals surface area contributed by atoms with Gasteiger partial charge in [0.1, 0.15) is 12.2 Å². The van der Waals surface area contributed by atoms with E-state index in [2.05, 4.69) is 19.9 Å². The molecule has 3 aromatic rings. The van der Waals surface area contributed by atoms with Gasteiger partial charge in [0.05, 0.1) is 11.2 Å². The van der Waals surface area contributed by atoms with Crippen LogP contribution in [0.15, 0.2) is 30.6 Å². The number of nitrogens with zero attached hydrogens (tertiary/aromatic N) is 6. The lowest BCUT2D eigenvalue weighted by Gasteiger charge is -2.32. The Balaban J connectivity index is 1.11. The summed E-state index contributed by atoms with van der Waals surface area (Å²) < 4.78 is 3.66. The second-order valence-corrected chi connectivity index (χ2v) is 9.28. The number of aryl methyl sites for hydroxylation is 1. The van der Waals surface area contributed by atoms with Crippen LogP contribution in [0.2, 0.25) is 0 Å². The maximum atomic E-state index is 12.7. The van der Waals surface area contributed by atoms with E-state index in [1.165, 1.54) is 17.5 Å². The Morgan fingerprint density at radius 3 is 2.53 bits per heavy atom. The van der Waals surface area contributed by atoms with Crippen LogP contribution in [0.4, 0.5) is 0 Å². The molecule has 0 radical (unpaired) electrons. The number of fused-ring (bicyclic) bond motifs is 1. The molecule has 2 fully saturated rings. The van der Waals surface area contributed by atoms with Crippen LogP contribution in [-0.2, 0) is 17.8 Å². The quantitative estimate of drug-likeness (QED) is 0.570. The number of aromatic nitrogens is 5. The smallest absolute Gasteiger partial charge is 0.247 e. The second kappa shape index (κ2) is 8.84. The van der Waals surface area contributed by atoms with Gasteiger partial charge in [-0.3, -0.25) is 9.59 Å². The van der Waals surface area contributed by atoms with E-state index in [-0.39, 0.29) is 24.7 Å². The molecule has 32 heavy (non-hydrogen) atoms. The molecule has 3 heterocycles. The van der Waals surface area contributed by atoms with Gasteiger partial charge in [-0.05, 0) is 50.5 Å². The summed E-state index contributed by atoms with van der Waals surface area (Å²) in [5.41, 5.74) is 1.63. The minimum absolute atomic E-state index is 0.0573. The number of likely N-dealkylation sites (tertiary alicyclic amines) is 1. The first kappa shape index (κ1) is 20.8. The fourth-order valence-corrected chi connectivity index (χ4v) is 4.70. The highest BCUT2D eigenvalue weighted by Crippen LogP contribution is 2.31. The number of carbonyl (C=O) groups excluding carboxylic acids is 2. The first-order valence-electron chi connectivity index (χ1n) is 11.7. The van der Waals surface area contributed by atoms with E-state index in [0.29, 0.717) is 5.92 Å². The van der Waals surface area contributed by atoms with E-state index in [1.54, 1.807) is 0 Å². The average molecular weight is 435 g/mol. The average Bonchev–Trinajstić information content (AvgIpc) is 3.43. The molecule has 1 aliphatic heterocycles. The predicted octanol–water partition coefficient (Wildman–Crippen LogP) is 3.25. The Hall–Kier alpha value is -3.03. The van der Waals surface area contributed by atoms with E-state index in [1.807, 2.05) is 42.4 Å². The summed E-state index contributed by atoms with van der Waals surface area (Å²) >= 11 is 0. The van der Waals surface area contributed by atoms with Gasteiger partial charge in [0, 0.05) is 44.3 Å². The molecule has 8 heteroatoms. The number of hydrogen-bond donors (Lipinski definition) is 0. The van der Waals surface area contributed by atoms with Crippen LogP contribution < -0.4 is 0 Å². The summed E-state index contributed by atoms with van der Waals surface area (Å²) in [6, 6.07) is 7.70. The third kappa shape index (κ3) is 4.45. The molecule has 0 unspecified atom stereocenters. The SMILES string of the molecule is Cc1nn(C(=O)CCC(=O)N2CCC(Cc3nncn3CC3CC3)CC2)c2ccccc12. The molecule has 0 N–H and O–H groups in total. The highest BCUT2D eigenvalue weighted by molar-refractivity contribution is 5.93. The Morgan fingerprint density at radius 1 is 1.00 bits per heavy atom. The van der Waals surface area contributed by atoms with Gasteiger partial charge >= 0.3 is 0 Å². The van der Waals surface area contributed by atoms with Gasteiger partial charge in [0.15, 0.2) is 0 Å². The zero-order valence-electron chi connectivity index (χ0n) is 18.6. The summed E-state index contributed by atoms with van der Waals surface area (Å²) in [4.78, 5) is 27.4. The Kier molecular flexibility index (Phi) is 5.76. The standard InChI is InChI=1S/C24H30N6O2/c1-17-20-4-2-3-5-21(20)30(27-17)24(32)9-8-23(31)28-12-10-18(11-13-28)14-22-26-25-16-29(22)15-19-6-7-19/h2-5,16,18-19H,6-15H2,1H3. The zero-order chi connectivity index (χ0) is 22.1. The minimum atomic E-state index is -0.132. The van der Waals surface area contributed by atoms with Gasteiger partial charge < -0.3 is 9.47 Å². The number of piperidine rings is 1. The summed E-state index contributed by atoms with van der Waals surface area (Å²) in [5.74, 6) is 2.33. The molecule has 8 nitrogen and oxygen atoms in total. The van der Waals surface area contributed by atoms with Crippen LogP contribution >= 0.6 is 0 Å². The highest BCUT2D eigenvalue weighted by atomic mass is 16.2. The monoisotopic (exact) mass is 434 g/mol. The Morgan fingerprint density at radius 2 is 1.75 bits per heavy atom. The van der Waals surface area contributed by atoms with Crippen molar-refractivity contribution in [3.63, 3.8) is 0 Å². The third-order valence-electron chi connectivity index (χ3n) is 6.85. The summed E-state index contributed by atoms with van der Waals surface area (Å²) in [7, 11) is 0. The molecule has 1 amide bonds. The van der Waals surface area contributed by atoms with Crippen molar-refractivity contribution in [3.05, 3.63) is 42.1 Å². The van der Waals surface area contributed by atoms with E-state index >= 15 is 0 Å². The second-order valence-electron chi connectivity index (χ2n) is 9.28. The van der Waals surface area contributed by atoms with Gasteiger partial charge in [0.25, 0.3) is 0 Å². The third-order valence-corrected chi connectivity index (χ3v) is 6.85. The first-order chi connectivity index (χ1) is 15.6. The van der Waals surface area contributed by atoms with Crippen molar-refractivity contribution in [2.24, 2.45) is 11.8 Å². The Bertz CT molecular complexity index is 1120. The van der Waals surface area contributed by atoms with Crippen molar-refractivity contribution in [2.75, 3.05) is 13.1 Å². The van der Waals surface area contributed by atoms with Crippen LogP contribution in [0.5, 0.6) is 0 Å². The maximum Gasteiger partial charge on any atom is 0.247 e. The van der Waals surface area contributed by atoms with Gasteiger partial charge in [-0.15, -0.1) is 10.2 Å². The van der Waals surface area contributed by atoms with Crippen molar-refractivity contribution in [1.82, 2.24) is 29.4 Å². The molecule has 1 aromatic carbocycles. The molecule has 2 aromatic heterocycles. The fourth-order valence-electron chi connectivity index (χ4n) is 4.70. The zero-order valence-corrected chi connectivity index (χ0v) is 18.6. The lowest BCUT2D eigenvalue weighted by atomic mass is 9.93. The molecule has 5 rings (SSSR count). The topological polar surface area (TPSA) is 85.9 Å². The van der Waals surface area contributed by atoms with E-state index in [0.717, 1.165) is 67.2 Å². The minimum Gasteiger partial charge on any atom is -0.343 e. The van der Waals surface area contributed by atoms with Crippen LogP contribution in [0.3, 0.4) is 0 Å². The molecule has 168 valence electrons. The van der Waals surface area contributed by atoms with Gasteiger partial charge in [-0.1, -0.05) is 18.2 Å². The van der Waals surface area contributed by atoms with Crippen molar-refractivity contribution in [3.8, 4) is 0 Å². The van der Waals surface area contributed by atoms with Gasteiger partial charge in [-0.25, -0.2) is 0 Å². The predicted molar refractivity (Wildman–Crippen MR) is 120 cm³/mol. The summed E-state index contributed by atoms with van der Waals surface area (Å²) in [6.45, 7) is 4.44. The van der Waals surface area contributed by atoms with E-state index in [4.69, 9.17) is 0 Å². The number of amides is 1. The van der Waals surface area contributed by atoms with Gasteiger partial charge in [0.2, 0.25) is 11.8 Å². The van der Waals surface area contributed by atoms with Crippen LogP contribution in [0, 0.1) is 18.8 Å². The van der Waals surface area contributed by atoms with Gasteiger partial charge in [-0.2, -0.15) is 9.78 Å². The number of carbonyl (C=O) groups is 2. The Labute approximate surface area is 187 Å². The van der Waals surface area contributed by atoms with E-state index in [9.17, 15) is 9.59 Å². The number of benzene rings is 1. The normalized spacial score (nSPS) is 17.2. The fraction of sp³-hybridized carbons (Fsp3) is 0.542. The van der Waals surface area contributed by atoms with Crippen LogP contribution in [-0.4, -0.2) is 54.3 Å². The molecule has 0 bridgehead atoms. The first-order valence-corrected chi connectivity index (χ1v) is 11.7. The molecule has 1 aliphatic carbocycles. The lowest BCUT2D eigenvalue weighted by molar-refractivity contribution is -0.132. The van der Waals surface area contributed by atoms with Crippen molar-refractivity contribution < 1.29 is 9.59 Å². The van der Waals surface area contributed by atoms with Crippen molar-refractivity contribution in [2.45, 2.75) is 58.4 Å². The van der Waals surface area contributed by atoms with Crippen molar-refractivity contribution >= 4 is 22.7 Å². The lowest BCUT2D eigenvalue weighted by Crippen LogP contribution is -2.39. The molecular formula is C24H30N6O2. The molecule has 1 saturated heterocycles. The largest absolute Gasteiger partial charge is 0.343 e. The molecular weight excluding hydrogens is 404 g/mol. The highest BCUT2D eigenvalue weighted by Gasteiger charge is 2.27. The van der Waals surface area contributed by atoms with Crippen LogP contribution in [0.1, 0.15) is 54.8 Å². The summed E-state index contributed by atoms with van der Waals surface area (Å²) in [5, 5.41) is 13.8. The summed E-state index contributed by atoms with van der Waals surface area (Å²) in [6.07, 6.45) is 7.76. The van der Waals surface area contributed by atoms with Crippen LogP contribution in [0.25, 0.3) is 10.9 Å². The molecule has 1 saturated carbocycles. The number of rotatable bonds is 7. The number of hydrogen-bond acceptors (Lipinski definition) is 5. The maximum absolute atomic E-state index is 12.7. The molecule has 0 spiro atoms. The molecule has 0 atom stereocenters. The van der Waals surface area contributed by atoms with Crippen molar-refractivity contribution in [1.29, 1.82) is 0 Å². The number of para-hydroxylation sites is 1. The van der Waals surface area contributed by atoms with E-state index < -0.39 is 0 Å². The molecule has 2 aliphatic rings.